The third-order valence-electron chi connectivity index (χ3n) is 5.99. The van der Waals surface area contributed by atoms with Crippen LogP contribution in [0.25, 0.3) is 16.6 Å². The number of aryl methyl sites for hydroxylation is 1. The van der Waals surface area contributed by atoms with Crippen LogP contribution in [0, 0.1) is 10.5 Å². The first-order valence-corrected chi connectivity index (χ1v) is 14.0. The number of nitrogens with zero attached hydrogens (tertiary/aromatic N) is 4. The summed E-state index contributed by atoms with van der Waals surface area (Å²) in [4.78, 5) is 16.0. The van der Waals surface area contributed by atoms with Gasteiger partial charge < -0.3 is 10.3 Å². The number of hydrogen-bond acceptors (Lipinski definition) is 6. The first-order chi connectivity index (χ1) is 18.5. The fraction of sp³-hybridized carbons (Fsp3) is 0.143. The summed E-state index contributed by atoms with van der Waals surface area (Å²) in [6.45, 7) is 4.40. The Morgan fingerprint density at radius 1 is 1.13 bits per heavy atom. The van der Waals surface area contributed by atoms with Gasteiger partial charge in [-0.1, -0.05) is 48.2 Å². The highest BCUT2D eigenvalue weighted by Gasteiger charge is 2.21. The molecular formula is C28H26IN7OS. The number of nitrogens with one attached hydrogen (secondary N) is 3. The van der Waals surface area contributed by atoms with Gasteiger partial charge in [0, 0.05) is 37.6 Å². The second-order valence-electron chi connectivity index (χ2n) is 8.67. The van der Waals surface area contributed by atoms with Crippen molar-refractivity contribution < 1.29 is 4.79 Å². The second-order valence-corrected chi connectivity index (χ2v) is 11.2. The molecule has 3 N–H and O–H groups in total. The lowest BCUT2D eigenvalue weighted by Crippen LogP contribution is -2.27. The molecule has 10 heteroatoms. The number of H-pyrrole nitrogens is 1. The minimum Gasteiger partial charge on any atom is -0.378 e. The number of hydrazone groups is 1. The molecule has 0 radical (unpaired) electrons. The number of halogens is 1. The highest BCUT2D eigenvalue weighted by Crippen LogP contribution is 2.27. The zero-order valence-electron chi connectivity index (χ0n) is 20.9. The average Bonchev–Trinajstić information content (AvgIpc) is 3.52. The Bertz CT molecular complexity index is 1600. The number of carbonyl (C=O) groups is 1. The van der Waals surface area contributed by atoms with E-state index < -0.39 is 5.25 Å². The van der Waals surface area contributed by atoms with Gasteiger partial charge in [0.1, 0.15) is 0 Å². The van der Waals surface area contributed by atoms with E-state index >= 15 is 0 Å². The lowest BCUT2D eigenvalue weighted by atomic mass is 10.2. The molecule has 3 aromatic carbocycles. The van der Waals surface area contributed by atoms with E-state index in [0.717, 1.165) is 39.2 Å². The molecule has 192 valence electrons. The van der Waals surface area contributed by atoms with E-state index in [2.05, 4.69) is 78.7 Å². The third kappa shape index (κ3) is 5.91. The maximum atomic E-state index is 12.8. The van der Waals surface area contributed by atoms with Crippen molar-refractivity contribution in [2.75, 3.05) is 5.32 Å². The van der Waals surface area contributed by atoms with E-state index in [1.165, 1.54) is 15.3 Å². The van der Waals surface area contributed by atoms with Crippen molar-refractivity contribution in [3.8, 4) is 5.69 Å². The summed E-state index contributed by atoms with van der Waals surface area (Å²) in [5.41, 5.74) is 7.72. The van der Waals surface area contributed by atoms with Crippen molar-refractivity contribution in [3.05, 3.63) is 99.5 Å². The van der Waals surface area contributed by atoms with Crippen LogP contribution in [0.5, 0.6) is 0 Å². The van der Waals surface area contributed by atoms with Crippen molar-refractivity contribution in [2.45, 2.75) is 30.8 Å². The normalized spacial score (nSPS) is 12.2. The molecule has 0 fully saturated rings. The molecule has 0 saturated carbocycles. The first-order valence-electron chi connectivity index (χ1n) is 12.0. The van der Waals surface area contributed by atoms with Gasteiger partial charge in [-0.2, -0.15) is 5.10 Å². The highest BCUT2D eigenvalue weighted by molar-refractivity contribution is 14.1. The standard InChI is InChI=1S/C28H26IN7OS/c1-18-14-21(29)12-13-24(18)31-17-26-33-35-28(36(26)22-8-4-3-5-9-22)38-19(2)27(37)34-32-16-20-15-30-25-11-7-6-10-23(20)25/h3-16,19,30-31H,17H2,1-2H3,(H,34,37)/b32-16-/t19-/m0/s1. The van der Waals surface area contributed by atoms with Crippen molar-refractivity contribution in [3.63, 3.8) is 0 Å². The lowest BCUT2D eigenvalue weighted by Gasteiger charge is -2.14. The predicted molar refractivity (Wildman–Crippen MR) is 162 cm³/mol. The number of fused-ring (bicyclic) bond motifs is 1. The van der Waals surface area contributed by atoms with Gasteiger partial charge in [-0.15, -0.1) is 10.2 Å². The largest absolute Gasteiger partial charge is 0.378 e. The smallest absolute Gasteiger partial charge is 0.253 e. The predicted octanol–water partition coefficient (Wildman–Crippen LogP) is 5.90. The summed E-state index contributed by atoms with van der Waals surface area (Å²) in [6.07, 6.45) is 3.52. The molecule has 8 nitrogen and oxygen atoms in total. The van der Waals surface area contributed by atoms with Gasteiger partial charge in [0.05, 0.1) is 18.0 Å². The minimum absolute atomic E-state index is 0.220. The Morgan fingerprint density at radius 3 is 2.74 bits per heavy atom. The second kappa shape index (κ2) is 11.8. The average molecular weight is 636 g/mol. The number of aromatic amines is 1. The SMILES string of the molecule is Cc1cc(I)ccc1NCc1nnc(S[C@@H](C)C(=O)N/N=C\c2c[nH]c3ccccc23)n1-c1ccccc1. The summed E-state index contributed by atoms with van der Waals surface area (Å²) < 4.78 is 3.17. The van der Waals surface area contributed by atoms with Crippen LogP contribution in [0.2, 0.25) is 0 Å². The molecule has 2 heterocycles. The van der Waals surface area contributed by atoms with Crippen LogP contribution in [0.3, 0.4) is 0 Å². The van der Waals surface area contributed by atoms with Crippen molar-refractivity contribution in [1.29, 1.82) is 0 Å². The van der Waals surface area contributed by atoms with Gasteiger partial charge >= 0.3 is 0 Å². The van der Waals surface area contributed by atoms with Gasteiger partial charge in [-0.3, -0.25) is 9.36 Å². The Morgan fingerprint density at radius 2 is 1.92 bits per heavy atom. The van der Waals surface area contributed by atoms with E-state index in [-0.39, 0.29) is 5.91 Å². The van der Waals surface area contributed by atoms with Crippen LogP contribution in [-0.2, 0) is 11.3 Å². The van der Waals surface area contributed by atoms with Crippen molar-refractivity contribution in [2.24, 2.45) is 5.10 Å². The fourth-order valence-electron chi connectivity index (χ4n) is 4.00. The van der Waals surface area contributed by atoms with Crippen LogP contribution >= 0.6 is 34.4 Å². The van der Waals surface area contributed by atoms with Crippen LogP contribution in [0.1, 0.15) is 23.9 Å². The molecule has 0 bridgehead atoms. The Hall–Kier alpha value is -3.64. The highest BCUT2D eigenvalue weighted by atomic mass is 127. The zero-order valence-corrected chi connectivity index (χ0v) is 23.8. The van der Waals surface area contributed by atoms with E-state index in [1.807, 2.05) is 72.3 Å². The molecule has 38 heavy (non-hydrogen) atoms. The van der Waals surface area contributed by atoms with Crippen LogP contribution < -0.4 is 10.7 Å². The lowest BCUT2D eigenvalue weighted by molar-refractivity contribution is -0.120. The van der Waals surface area contributed by atoms with Crippen LogP contribution in [0.4, 0.5) is 5.69 Å². The van der Waals surface area contributed by atoms with Gasteiger partial charge in [0.25, 0.3) is 5.91 Å². The number of amides is 1. The summed E-state index contributed by atoms with van der Waals surface area (Å²) in [6, 6.07) is 24.1. The van der Waals surface area contributed by atoms with Crippen LogP contribution in [0.15, 0.2) is 89.3 Å². The molecule has 1 atom stereocenters. The summed E-state index contributed by atoms with van der Waals surface area (Å²) >= 11 is 3.65. The number of hydrogen-bond donors (Lipinski definition) is 3. The van der Waals surface area contributed by atoms with Gasteiger partial charge in [-0.25, -0.2) is 5.43 Å². The number of thioether (sulfide) groups is 1. The molecule has 2 aromatic heterocycles. The van der Waals surface area contributed by atoms with E-state index in [9.17, 15) is 4.79 Å². The Labute approximate surface area is 238 Å². The molecule has 0 aliphatic carbocycles. The molecule has 1 amide bonds. The molecule has 5 aromatic rings. The fourth-order valence-corrected chi connectivity index (χ4v) is 5.52. The molecule has 0 unspecified atom stereocenters. The minimum atomic E-state index is -0.443. The molecular weight excluding hydrogens is 609 g/mol. The summed E-state index contributed by atoms with van der Waals surface area (Å²) in [7, 11) is 0. The van der Waals surface area contributed by atoms with Gasteiger partial charge in [0.15, 0.2) is 11.0 Å². The monoisotopic (exact) mass is 635 g/mol. The van der Waals surface area contributed by atoms with E-state index in [0.29, 0.717) is 11.7 Å². The number of benzene rings is 3. The van der Waals surface area contributed by atoms with Gasteiger partial charge in [0.2, 0.25) is 0 Å². The topological polar surface area (TPSA) is 100.0 Å². The number of anilines is 1. The molecule has 5 rings (SSSR count). The van der Waals surface area contributed by atoms with Gasteiger partial charge in [-0.05, 0) is 78.4 Å². The van der Waals surface area contributed by atoms with Crippen molar-refractivity contribution >= 4 is 63.1 Å². The number of carbonyl (C=O) groups excluding carboxylic acids is 1. The first kappa shape index (κ1) is 26.0. The van der Waals surface area contributed by atoms with E-state index in [4.69, 9.17) is 0 Å². The molecule has 0 spiro atoms. The Kier molecular flexibility index (Phi) is 8.08. The summed E-state index contributed by atoms with van der Waals surface area (Å²) in [5, 5.41) is 17.8. The summed E-state index contributed by atoms with van der Waals surface area (Å²) in [5.74, 6) is 0.532. The maximum absolute atomic E-state index is 12.8. The molecule has 0 aliphatic rings. The van der Waals surface area contributed by atoms with E-state index in [1.54, 1.807) is 6.21 Å². The molecule has 0 saturated heterocycles. The maximum Gasteiger partial charge on any atom is 0.253 e. The Balaban J connectivity index is 1.30. The third-order valence-corrected chi connectivity index (χ3v) is 7.70. The van der Waals surface area contributed by atoms with Crippen LogP contribution in [-0.4, -0.2) is 37.1 Å². The quantitative estimate of drug-likeness (QED) is 0.0811. The number of para-hydroxylation sites is 2. The molecule has 0 aliphatic heterocycles. The van der Waals surface area contributed by atoms with Crippen molar-refractivity contribution in [1.82, 2.24) is 25.2 Å². The number of aromatic nitrogens is 4. The zero-order chi connectivity index (χ0) is 26.5. The number of rotatable bonds is 9.